The maximum Gasteiger partial charge on any atom is 0.312 e. The van der Waals surface area contributed by atoms with Gasteiger partial charge in [0.15, 0.2) is 0 Å². The third kappa shape index (κ3) is 3.08. The van der Waals surface area contributed by atoms with Crippen molar-refractivity contribution >= 4 is 17.6 Å². The molecule has 0 bridgehead atoms. The number of carboxylic acid groups (broad SMARTS) is 1. The Kier molecular flexibility index (Phi) is 4.05. The molecule has 0 aliphatic heterocycles. The number of amides is 1. The second kappa shape index (κ2) is 5.30. The van der Waals surface area contributed by atoms with Crippen molar-refractivity contribution in [3.63, 3.8) is 0 Å². The maximum atomic E-state index is 11.5. The zero-order valence-electron chi connectivity index (χ0n) is 9.43. The summed E-state index contributed by atoms with van der Waals surface area (Å²) in [5.41, 5.74) is 1.89. The number of benzene rings is 1. The van der Waals surface area contributed by atoms with Gasteiger partial charge in [0.25, 0.3) is 0 Å². The lowest BCUT2D eigenvalue weighted by molar-refractivity contribution is -0.140. The molecule has 1 amide bonds. The highest BCUT2D eigenvalue weighted by molar-refractivity contribution is 6.02. The first kappa shape index (κ1) is 12.2. The van der Waals surface area contributed by atoms with Gasteiger partial charge in [-0.05, 0) is 24.1 Å². The molecule has 86 valence electrons. The number of hydrogen-bond acceptors (Lipinski definition) is 2. The van der Waals surface area contributed by atoms with Crippen LogP contribution in [0.25, 0.3) is 0 Å². The fraction of sp³-hybridized carbons (Fsp3) is 0.333. The first-order chi connectivity index (χ1) is 7.54. The first-order valence-electron chi connectivity index (χ1n) is 5.12. The molecule has 1 N–H and O–H groups in total. The third-order valence-electron chi connectivity index (χ3n) is 2.41. The Balaban J connectivity index is 2.75. The predicted molar refractivity (Wildman–Crippen MR) is 61.5 cm³/mol. The normalized spacial score (nSPS) is 9.88. The van der Waals surface area contributed by atoms with Gasteiger partial charge in [0, 0.05) is 12.7 Å². The number of aliphatic carboxylic acids is 1. The molecule has 0 aliphatic carbocycles. The molecular weight excluding hydrogens is 206 g/mol. The molecule has 4 nitrogen and oxygen atoms in total. The lowest BCUT2D eigenvalue weighted by atomic mass is 10.1. The van der Waals surface area contributed by atoms with Gasteiger partial charge in [-0.3, -0.25) is 9.59 Å². The summed E-state index contributed by atoms with van der Waals surface area (Å²) in [6.07, 6.45) is 0.457. The van der Waals surface area contributed by atoms with Crippen LogP contribution in [0.3, 0.4) is 0 Å². The second-order valence-electron chi connectivity index (χ2n) is 3.54. The van der Waals surface area contributed by atoms with Crippen molar-refractivity contribution in [3.8, 4) is 0 Å². The molecule has 0 spiro atoms. The summed E-state index contributed by atoms with van der Waals surface area (Å²) in [6.45, 7) is 2.05. The van der Waals surface area contributed by atoms with Gasteiger partial charge < -0.3 is 10.0 Å². The van der Waals surface area contributed by atoms with E-state index >= 15 is 0 Å². The molecule has 0 aromatic heterocycles. The maximum absolute atomic E-state index is 11.5. The average molecular weight is 221 g/mol. The van der Waals surface area contributed by atoms with Gasteiger partial charge in [0.1, 0.15) is 6.42 Å². The molecule has 0 saturated carbocycles. The molecule has 4 heteroatoms. The van der Waals surface area contributed by atoms with E-state index in [0.717, 1.165) is 6.42 Å². The molecule has 1 aromatic carbocycles. The zero-order valence-corrected chi connectivity index (χ0v) is 9.43. The molecule has 1 aromatic rings. The number of carboxylic acids is 1. The van der Waals surface area contributed by atoms with Crippen LogP contribution in [-0.4, -0.2) is 24.0 Å². The number of carbonyl (C=O) groups is 2. The van der Waals surface area contributed by atoms with Crippen molar-refractivity contribution in [1.82, 2.24) is 0 Å². The van der Waals surface area contributed by atoms with Crippen molar-refractivity contribution in [2.24, 2.45) is 0 Å². The standard InChI is InChI=1S/C12H15NO3/c1-3-9-4-6-10(7-5-9)13(2)11(14)8-12(15)16/h4-7H,3,8H2,1-2H3,(H,15,16). The van der Waals surface area contributed by atoms with Gasteiger partial charge >= 0.3 is 5.97 Å². The largest absolute Gasteiger partial charge is 0.481 e. The SMILES string of the molecule is CCc1ccc(N(C)C(=O)CC(=O)O)cc1. The van der Waals surface area contributed by atoms with Gasteiger partial charge in [-0.1, -0.05) is 19.1 Å². The van der Waals surface area contributed by atoms with Crippen molar-refractivity contribution in [1.29, 1.82) is 0 Å². The molecule has 0 unspecified atom stereocenters. The smallest absolute Gasteiger partial charge is 0.312 e. The molecule has 0 atom stereocenters. The Morgan fingerprint density at radius 2 is 1.81 bits per heavy atom. The van der Waals surface area contributed by atoms with Crippen LogP contribution in [0, 0.1) is 0 Å². The Hall–Kier alpha value is -1.84. The van der Waals surface area contributed by atoms with E-state index in [0.29, 0.717) is 5.69 Å². The molecular formula is C12H15NO3. The van der Waals surface area contributed by atoms with Crippen LogP contribution in [0.5, 0.6) is 0 Å². The molecule has 0 heterocycles. The molecule has 0 fully saturated rings. The van der Waals surface area contributed by atoms with Crippen LogP contribution < -0.4 is 4.90 Å². The van der Waals surface area contributed by atoms with Crippen LogP contribution in [0.1, 0.15) is 18.9 Å². The van der Waals surface area contributed by atoms with Gasteiger partial charge in [0.05, 0.1) is 0 Å². The van der Waals surface area contributed by atoms with E-state index in [1.807, 2.05) is 31.2 Å². The topological polar surface area (TPSA) is 57.6 Å². The lowest BCUT2D eigenvalue weighted by Crippen LogP contribution is -2.28. The summed E-state index contributed by atoms with van der Waals surface area (Å²) in [5.74, 6) is -1.53. The fourth-order valence-electron chi connectivity index (χ4n) is 1.35. The summed E-state index contributed by atoms with van der Waals surface area (Å²) in [6, 6.07) is 7.50. The first-order valence-corrected chi connectivity index (χ1v) is 5.12. The second-order valence-corrected chi connectivity index (χ2v) is 3.54. The van der Waals surface area contributed by atoms with E-state index in [-0.39, 0.29) is 0 Å². The highest BCUT2D eigenvalue weighted by Gasteiger charge is 2.14. The minimum atomic E-state index is -1.11. The molecule has 0 aliphatic rings. The van der Waals surface area contributed by atoms with E-state index < -0.39 is 18.3 Å². The average Bonchev–Trinajstić information content (AvgIpc) is 2.27. The minimum absolute atomic E-state index is 0.420. The summed E-state index contributed by atoms with van der Waals surface area (Å²) in [5, 5.41) is 8.51. The highest BCUT2D eigenvalue weighted by Crippen LogP contribution is 2.14. The van der Waals surface area contributed by atoms with Crippen LogP contribution >= 0.6 is 0 Å². The molecule has 0 radical (unpaired) electrons. The summed E-state index contributed by atoms with van der Waals surface area (Å²) >= 11 is 0. The highest BCUT2D eigenvalue weighted by atomic mass is 16.4. The van der Waals surface area contributed by atoms with E-state index in [4.69, 9.17) is 5.11 Å². The molecule has 0 saturated heterocycles. The quantitative estimate of drug-likeness (QED) is 0.787. The summed E-state index contributed by atoms with van der Waals surface area (Å²) < 4.78 is 0. The van der Waals surface area contributed by atoms with Crippen LogP contribution in [0.4, 0.5) is 5.69 Å². The van der Waals surface area contributed by atoms with Gasteiger partial charge in [0.2, 0.25) is 5.91 Å². The molecule has 16 heavy (non-hydrogen) atoms. The summed E-state index contributed by atoms with van der Waals surface area (Å²) in [7, 11) is 1.58. The fourth-order valence-corrected chi connectivity index (χ4v) is 1.35. The Bertz CT molecular complexity index is 384. The van der Waals surface area contributed by atoms with Gasteiger partial charge in [-0.2, -0.15) is 0 Å². The predicted octanol–water partition coefficient (Wildman–Crippen LogP) is 1.69. The van der Waals surface area contributed by atoms with E-state index in [1.165, 1.54) is 10.5 Å². The Morgan fingerprint density at radius 1 is 1.25 bits per heavy atom. The van der Waals surface area contributed by atoms with Gasteiger partial charge in [-0.25, -0.2) is 0 Å². The van der Waals surface area contributed by atoms with Crippen molar-refractivity contribution in [2.75, 3.05) is 11.9 Å². The van der Waals surface area contributed by atoms with Crippen molar-refractivity contribution in [2.45, 2.75) is 19.8 Å². The number of hydrogen-bond donors (Lipinski definition) is 1. The van der Waals surface area contributed by atoms with Crippen LogP contribution in [-0.2, 0) is 16.0 Å². The van der Waals surface area contributed by atoms with E-state index in [9.17, 15) is 9.59 Å². The number of rotatable bonds is 4. The Morgan fingerprint density at radius 3 is 2.25 bits per heavy atom. The van der Waals surface area contributed by atoms with Crippen LogP contribution in [0.15, 0.2) is 24.3 Å². The zero-order chi connectivity index (χ0) is 12.1. The monoisotopic (exact) mass is 221 g/mol. The van der Waals surface area contributed by atoms with Crippen LogP contribution in [0.2, 0.25) is 0 Å². The number of carbonyl (C=O) groups excluding carboxylic acids is 1. The lowest BCUT2D eigenvalue weighted by Gasteiger charge is -2.16. The number of nitrogens with zero attached hydrogens (tertiary/aromatic N) is 1. The van der Waals surface area contributed by atoms with E-state index in [1.54, 1.807) is 7.05 Å². The number of anilines is 1. The van der Waals surface area contributed by atoms with Crippen molar-refractivity contribution in [3.05, 3.63) is 29.8 Å². The van der Waals surface area contributed by atoms with Crippen molar-refractivity contribution < 1.29 is 14.7 Å². The van der Waals surface area contributed by atoms with E-state index in [2.05, 4.69) is 0 Å². The molecule has 1 rings (SSSR count). The van der Waals surface area contributed by atoms with Gasteiger partial charge in [-0.15, -0.1) is 0 Å². The Labute approximate surface area is 94.5 Å². The number of aryl methyl sites for hydroxylation is 1. The summed E-state index contributed by atoms with van der Waals surface area (Å²) in [4.78, 5) is 23.2. The third-order valence-corrected chi connectivity index (χ3v) is 2.41. The minimum Gasteiger partial charge on any atom is -0.481 e.